The summed E-state index contributed by atoms with van der Waals surface area (Å²) in [6, 6.07) is 6.98. The Morgan fingerprint density at radius 2 is 2.26 bits per heavy atom. The van der Waals surface area contributed by atoms with Crippen LogP contribution in [0.1, 0.15) is 33.9 Å². The van der Waals surface area contributed by atoms with Crippen LogP contribution in [0.15, 0.2) is 48.0 Å². The molecule has 2 heterocycles. The number of rotatable bonds is 7. The maximum Gasteiger partial charge on any atom is 0.226 e. The number of nitrogens with two attached hydrogens (primary N) is 1. The summed E-state index contributed by atoms with van der Waals surface area (Å²) in [6.07, 6.45) is 7.56. The lowest BCUT2D eigenvalue weighted by molar-refractivity contribution is -0.116. The van der Waals surface area contributed by atoms with Crippen molar-refractivity contribution in [2.75, 3.05) is 12.4 Å². The second kappa shape index (κ2) is 8.24. The van der Waals surface area contributed by atoms with Gasteiger partial charge in [-0.1, -0.05) is 6.07 Å². The first-order chi connectivity index (χ1) is 13.2. The predicted molar refractivity (Wildman–Crippen MR) is 105 cm³/mol. The summed E-state index contributed by atoms with van der Waals surface area (Å²) in [7, 11) is 1.79. The molecule has 1 amide bonds. The van der Waals surface area contributed by atoms with E-state index in [9.17, 15) is 9.59 Å². The number of hydrazone groups is 1. The predicted octanol–water partition coefficient (Wildman–Crippen LogP) is 1.96. The van der Waals surface area contributed by atoms with Crippen molar-refractivity contribution in [3.8, 4) is 0 Å². The number of nitrogens with zero attached hydrogens (tertiary/aromatic N) is 2. The van der Waals surface area contributed by atoms with Gasteiger partial charge in [0.05, 0.1) is 6.21 Å². The van der Waals surface area contributed by atoms with Gasteiger partial charge >= 0.3 is 0 Å². The second-order valence-electron chi connectivity index (χ2n) is 6.01. The number of benzene rings is 1. The largest absolute Gasteiger partial charge is 0.360 e. The normalized spacial score (nSPS) is 12.3. The van der Waals surface area contributed by atoms with Crippen LogP contribution >= 0.6 is 0 Å². The van der Waals surface area contributed by atoms with Crippen LogP contribution in [0.25, 0.3) is 10.9 Å². The van der Waals surface area contributed by atoms with Crippen LogP contribution in [-0.4, -0.2) is 35.4 Å². The number of aldehydes is 1. The van der Waals surface area contributed by atoms with Gasteiger partial charge in [-0.15, -0.1) is 0 Å². The Morgan fingerprint density at radius 3 is 2.93 bits per heavy atom. The van der Waals surface area contributed by atoms with Crippen LogP contribution in [0.3, 0.4) is 0 Å². The molecule has 5 N–H and O–H groups in total. The number of aromatic nitrogens is 2. The van der Waals surface area contributed by atoms with Gasteiger partial charge in [-0.25, -0.2) is 0 Å². The molecule has 0 aliphatic heterocycles. The van der Waals surface area contributed by atoms with Gasteiger partial charge in [0.15, 0.2) is 6.29 Å². The zero-order chi connectivity index (χ0) is 19.2. The smallest absolute Gasteiger partial charge is 0.226 e. The van der Waals surface area contributed by atoms with Gasteiger partial charge in [-0.3, -0.25) is 14.6 Å². The molecule has 0 fully saturated rings. The Kier molecular flexibility index (Phi) is 5.58. The summed E-state index contributed by atoms with van der Waals surface area (Å²) in [5.41, 5.74) is 3.32. The first kappa shape index (κ1) is 18.3. The van der Waals surface area contributed by atoms with Crippen LogP contribution in [-0.2, 0) is 4.79 Å². The van der Waals surface area contributed by atoms with Crippen molar-refractivity contribution in [1.29, 1.82) is 0 Å². The van der Waals surface area contributed by atoms with Crippen molar-refractivity contribution in [2.45, 2.75) is 12.5 Å². The van der Waals surface area contributed by atoms with Crippen molar-refractivity contribution in [1.82, 2.24) is 15.3 Å². The number of fused-ring (bicyclic) bond motifs is 1. The van der Waals surface area contributed by atoms with Crippen LogP contribution in [0, 0.1) is 0 Å². The first-order valence-corrected chi connectivity index (χ1v) is 8.37. The summed E-state index contributed by atoms with van der Waals surface area (Å²) < 4.78 is 0. The molecule has 27 heavy (non-hydrogen) atoms. The number of aromatic amines is 1. The van der Waals surface area contributed by atoms with Crippen molar-refractivity contribution in [2.24, 2.45) is 10.9 Å². The number of carbonyl (C=O) groups is 2. The van der Waals surface area contributed by atoms with Gasteiger partial charge in [0.1, 0.15) is 0 Å². The van der Waals surface area contributed by atoms with Crippen molar-refractivity contribution in [3.05, 3.63) is 59.5 Å². The molecule has 1 unspecified atom stereocenters. The molecule has 2 aromatic heterocycles. The molecule has 3 rings (SSSR count). The molecule has 0 spiro atoms. The van der Waals surface area contributed by atoms with Crippen molar-refractivity contribution >= 4 is 35.0 Å². The van der Waals surface area contributed by atoms with Gasteiger partial charge in [-0.2, -0.15) is 5.10 Å². The van der Waals surface area contributed by atoms with Crippen LogP contribution in [0.5, 0.6) is 0 Å². The van der Waals surface area contributed by atoms with Crippen LogP contribution < -0.4 is 16.5 Å². The van der Waals surface area contributed by atoms with E-state index in [4.69, 9.17) is 5.84 Å². The Balaban J connectivity index is 1.81. The first-order valence-electron chi connectivity index (χ1n) is 8.37. The number of nitrogens with one attached hydrogen (secondary N) is 3. The van der Waals surface area contributed by atoms with E-state index in [1.54, 1.807) is 37.8 Å². The molecule has 0 saturated heterocycles. The minimum Gasteiger partial charge on any atom is -0.360 e. The number of hydrogen-bond donors (Lipinski definition) is 4. The van der Waals surface area contributed by atoms with Gasteiger partial charge in [0.25, 0.3) is 0 Å². The fourth-order valence-electron chi connectivity index (χ4n) is 3.04. The summed E-state index contributed by atoms with van der Waals surface area (Å²) in [6.45, 7) is 0. The molecule has 3 aromatic rings. The van der Waals surface area contributed by atoms with Crippen LogP contribution in [0.2, 0.25) is 0 Å². The molecule has 0 bridgehead atoms. The molecular weight excluding hydrogens is 344 g/mol. The summed E-state index contributed by atoms with van der Waals surface area (Å²) in [5.74, 6) is 5.03. The molecule has 0 radical (unpaired) electrons. The highest BCUT2D eigenvalue weighted by atomic mass is 16.1. The summed E-state index contributed by atoms with van der Waals surface area (Å²) >= 11 is 0. The highest BCUT2D eigenvalue weighted by Crippen LogP contribution is 2.26. The fraction of sp³-hybridized carbons (Fsp3) is 0.158. The van der Waals surface area contributed by atoms with E-state index in [-0.39, 0.29) is 18.4 Å². The van der Waals surface area contributed by atoms with Crippen molar-refractivity contribution < 1.29 is 9.59 Å². The average Bonchev–Trinajstić information content (AvgIpc) is 3.09. The maximum absolute atomic E-state index is 12.5. The molecule has 0 aliphatic carbocycles. The Labute approximate surface area is 155 Å². The third kappa shape index (κ3) is 4.01. The lowest BCUT2D eigenvalue weighted by atomic mass is 10.0. The lowest BCUT2D eigenvalue weighted by Crippen LogP contribution is -2.23. The Hall–Kier alpha value is -3.52. The molecule has 8 nitrogen and oxygen atoms in total. The fourth-order valence-corrected chi connectivity index (χ4v) is 3.04. The third-order valence-electron chi connectivity index (χ3n) is 4.29. The number of anilines is 1. The molecule has 138 valence electrons. The Bertz CT molecular complexity index is 981. The number of carbonyl (C=O) groups excluding carboxylic acids is 2. The van der Waals surface area contributed by atoms with Gasteiger partial charge in [-0.05, 0) is 30.8 Å². The zero-order valence-corrected chi connectivity index (χ0v) is 14.8. The summed E-state index contributed by atoms with van der Waals surface area (Å²) in [4.78, 5) is 31.1. The van der Waals surface area contributed by atoms with Crippen molar-refractivity contribution in [3.63, 3.8) is 0 Å². The second-order valence-corrected chi connectivity index (χ2v) is 6.01. The van der Waals surface area contributed by atoms with E-state index in [1.807, 2.05) is 12.1 Å². The van der Waals surface area contributed by atoms with E-state index in [0.717, 1.165) is 11.8 Å². The van der Waals surface area contributed by atoms with E-state index in [1.165, 1.54) is 6.21 Å². The molecule has 0 aliphatic rings. The average molecular weight is 364 g/mol. The zero-order valence-electron chi connectivity index (χ0n) is 14.8. The van der Waals surface area contributed by atoms with Gasteiger partial charge < -0.3 is 21.5 Å². The van der Waals surface area contributed by atoms with Gasteiger partial charge in [0.2, 0.25) is 5.91 Å². The maximum atomic E-state index is 12.5. The minimum atomic E-state index is -0.176. The monoisotopic (exact) mass is 364 g/mol. The van der Waals surface area contributed by atoms with E-state index >= 15 is 0 Å². The number of pyridine rings is 1. The van der Waals surface area contributed by atoms with E-state index < -0.39 is 0 Å². The highest BCUT2D eigenvalue weighted by Gasteiger charge is 2.16. The number of hydrogen-bond acceptors (Lipinski definition) is 6. The van der Waals surface area contributed by atoms with E-state index in [0.29, 0.717) is 27.7 Å². The van der Waals surface area contributed by atoms with Gasteiger partial charge in [0, 0.05) is 58.8 Å². The molecule has 8 heteroatoms. The quantitative estimate of drug-likeness (QED) is 0.221. The number of amides is 1. The topological polar surface area (TPSA) is 125 Å². The summed E-state index contributed by atoms with van der Waals surface area (Å²) in [5, 5.41) is 10.2. The molecule has 0 saturated carbocycles. The SMILES string of the molecule is CNC(CC(=O)Nc1cc(C=O)c2c(/C=N\N)c[nH]c2c1)c1cccnc1. The number of H-pyrrole nitrogens is 1. The molecule has 1 aromatic carbocycles. The minimum absolute atomic E-state index is 0.161. The van der Waals surface area contributed by atoms with Crippen LogP contribution in [0.4, 0.5) is 5.69 Å². The lowest BCUT2D eigenvalue weighted by Gasteiger charge is -2.16. The molecular formula is C19H20N6O2. The van der Waals surface area contributed by atoms with E-state index in [2.05, 4.69) is 25.7 Å². The Morgan fingerprint density at radius 1 is 1.41 bits per heavy atom. The molecule has 1 atom stereocenters. The third-order valence-corrected chi connectivity index (χ3v) is 4.29. The highest BCUT2D eigenvalue weighted by molar-refractivity contribution is 6.09. The standard InChI is InChI=1S/C19H20N6O2/c1-21-16(12-3-2-4-22-8-12)7-18(27)25-15-5-13(11-26)19-14(10-24-20)9-23-17(19)6-15/h2-6,8-11,16,21,23H,7,20H2,1H3,(H,25,27)/b24-10-.